The van der Waals surface area contributed by atoms with Crippen LogP contribution in [-0.4, -0.2) is 0 Å². The van der Waals surface area contributed by atoms with E-state index >= 15 is 0 Å². The summed E-state index contributed by atoms with van der Waals surface area (Å²) >= 11 is -0.889. The van der Waals surface area contributed by atoms with E-state index in [1.807, 2.05) is 0 Å². The van der Waals surface area contributed by atoms with Crippen LogP contribution in [0.15, 0.2) is 0 Å². The van der Waals surface area contributed by atoms with Gasteiger partial charge >= 0.3 is 36.0 Å². The predicted molar refractivity (Wildman–Crippen MR) is 103 cm³/mol. The summed E-state index contributed by atoms with van der Waals surface area (Å²) < 4.78 is 0. The van der Waals surface area contributed by atoms with E-state index in [1.54, 1.807) is 0 Å². The molecule has 3 heteroatoms. The molecule has 2 aromatic carbocycles. The Morgan fingerprint density at radius 3 is 0.696 bits per heavy atom. The van der Waals surface area contributed by atoms with Gasteiger partial charge in [0.25, 0.3) is 0 Å². The molecule has 0 nitrogen and oxygen atoms in total. The third-order valence-electron chi connectivity index (χ3n) is 5.62. The molecule has 2 rings (SSSR count). The minimum atomic E-state index is -0.889. The zero-order chi connectivity index (χ0) is 18.5. The van der Waals surface area contributed by atoms with Gasteiger partial charge in [-0.05, 0) is 0 Å². The molecule has 0 fully saturated rings. The van der Waals surface area contributed by atoms with E-state index in [9.17, 15) is 0 Å². The molecule has 0 aliphatic carbocycles. The van der Waals surface area contributed by atoms with Crippen LogP contribution >= 0.6 is 18.4 Å². The molecule has 0 unspecified atom stereocenters. The number of rotatable bonds is 0. The SMILES string of the molecule is Cc1c(C)c(C)[c-](C)c1C.Cc1c(C)c(C)[c-](C)c1C.[Cl][Ta][Cl]. The Kier molecular flexibility index (Phi) is 10.1. The van der Waals surface area contributed by atoms with Gasteiger partial charge in [-0.3, -0.25) is 0 Å². The zero-order valence-corrected chi connectivity index (χ0v) is 20.9. The van der Waals surface area contributed by atoms with Gasteiger partial charge in [-0.2, -0.15) is 55.6 Å². The van der Waals surface area contributed by atoms with Gasteiger partial charge in [-0.1, -0.05) is 69.2 Å². The molecule has 0 aromatic heterocycles. The minimum absolute atomic E-state index is 0.889. The second-order valence-corrected chi connectivity index (χ2v) is 11.0. The second-order valence-electron chi connectivity index (χ2n) is 6.31. The van der Waals surface area contributed by atoms with Crippen molar-refractivity contribution in [3.8, 4) is 0 Å². The summed E-state index contributed by atoms with van der Waals surface area (Å²) in [5, 5.41) is 0. The zero-order valence-electron chi connectivity index (χ0n) is 16.2. The summed E-state index contributed by atoms with van der Waals surface area (Å²) in [4.78, 5) is 0. The van der Waals surface area contributed by atoms with Crippen molar-refractivity contribution in [2.24, 2.45) is 0 Å². The van der Waals surface area contributed by atoms with E-state index in [-0.39, 0.29) is 0 Å². The average molecular weight is 522 g/mol. The molecule has 0 aliphatic rings. The van der Waals surface area contributed by atoms with Crippen molar-refractivity contribution in [1.29, 1.82) is 0 Å². The Labute approximate surface area is 160 Å². The molecule has 23 heavy (non-hydrogen) atoms. The van der Waals surface area contributed by atoms with Crippen LogP contribution in [0.4, 0.5) is 0 Å². The fourth-order valence-corrected chi connectivity index (χ4v) is 2.81. The maximum absolute atomic E-state index is 4.94. The second kappa shape index (κ2) is 10.1. The summed E-state index contributed by atoms with van der Waals surface area (Å²) in [6, 6.07) is 0. The Hall–Kier alpha value is 0.0203. The molecule has 0 saturated heterocycles. The Bertz CT molecular complexity index is 429. The average Bonchev–Trinajstić information content (AvgIpc) is 2.80. The van der Waals surface area contributed by atoms with Crippen molar-refractivity contribution in [3.05, 3.63) is 55.6 Å². The fraction of sp³-hybridized carbons (Fsp3) is 0.500. The number of hydrogen-bond donors (Lipinski definition) is 0. The monoisotopic (exact) mass is 521 g/mol. The van der Waals surface area contributed by atoms with E-state index in [4.69, 9.17) is 18.4 Å². The van der Waals surface area contributed by atoms with Gasteiger partial charge in [0.15, 0.2) is 0 Å². The number of halogens is 2. The maximum atomic E-state index is 4.94. The van der Waals surface area contributed by atoms with Gasteiger partial charge < -0.3 is 0 Å². The first-order valence-electron chi connectivity index (χ1n) is 7.84. The van der Waals surface area contributed by atoms with Gasteiger partial charge in [-0.15, -0.1) is 0 Å². The molecule has 0 heterocycles. The molecule has 0 saturated carbocycles. The van der Waals surface area contributed by atoms with Crippen molar-refractivity contribution >= 4 is 18.4 Å². The quantitative estimate of drug-likeness (QED) is 0.320. The normalized spacial score (nSPS) is 9.74. The van der Waals surface area contributed by atoms with Gasteiger partial charge in [0.2, 0.25) is 0 Å². The summed E-state index contributed by atoms with van der Waals surface area (Å²) in [7, 11) is 9.89. The molecule has 0 atom stereocenters. The van der Waals surface area contributed by atoms with Crippen molar-refractivity contribution < 1.29 is 17.6 Å². The molecule has 0 aliphatic heterocycles. The Balaban J connectivity index is 0.000000360. The van der Waals surface area contributed by atoms with Crippen LogP contribution in [0.2, 0.25) is 0 Å². The molecule has 131 valence electrons. The van der Waals surface area contributed by atoms with E-state index in [0.29, 0.717) is 0 Å². The van der Waals surface area contributed by atoms with Crippen molar-refractivity contribution in [1.82, 2.24) is 0 Å². The first-order valence-corrected chi connectivity index (χ1v) is 15.8. The van der Waals surface area contributed by atoms with Gasteiger partial charge in [-0.25, -0.2) is 0 Å². The first kappa shape index (κ1) is 23.0. The first-order chi connectivity index (χ1) is 10.5. The van der Waals surface area contributed by atoms with E-state index in [0.717, 1.165) is 0 Å². The van der Waals surface area contributed by atoms with Crippen LogP contribution in [-0.2, 0) is 17.6 Å². The standard InChI is InChI=1S/2C10H15.2ClH.Ta/c2*1-6-7(2)9(4)10(5)8(6)3;;;/h2*1-5H3;2*1H;/q2*-1;;;+2/p-2. The third kappa shape index (κ3) is 5.51. The summed E-state index contributed by atoms with van der Waals surface area (Å²) in [5.41, 5.74) is 14.7. The van der Waals surface area contributed by atoms with E-state index in [1.165, 1.54) is 55.6 Å². The van der Waals surface area contributed by atoms with Gasteiger partial charge in [0.05, 0.1) is 0 Å². The van der Waals surface area contributed by atoms with Crippen LogP contribution in [0.3, 0.4) is 0 Å². The van der Waals surface area contributed by atoms with E-state index < -0.39 is 17.6 Å². The Morgan fingerprint density at radius 1 is 0.522 bits per heavy atom. The molecule has 0 amide bonds. The topological polar surface area (TPSA) is 0 Å². The van der Waals surface area contributed by atoms with Crippen LogP contribution in [0, 0.1) is 69.2 Å². The van der Waals surface area contributed by atoms with Gasteiger partial charge in [0, 0.05) is 0 Å². The molecular weight excluding hydrogens is 492 g/mol. The fourth-order valence-electron chi connectivity index (χ4n) is 2.81. The summed E-state index contributed by atoms with van der Waals surface area (Å²) in [6.07, 6.45) is 0. The predicted octanol–water partition coefficient (Wildman–Crippen LogP) is 7.27. The third-order valence-corrected chi connectivity index (χ3v) is 5.62. The van der Waals surface area contributed by atoms with Crippen LogP contribution in [0.25, 0.3) is 0 Å². The molecule has 0 radical (unpaired) electrons. The van der Waals surface area contributed by atoms with Crippen LogP contribution < -0.4 is 0 Å². The van der Waals surface area contributed by atoms with Crippen molar-refractivity contribution in [2.75, 3.05) is 0 Å². The van der Waals surface area contributed by atoms with Crippen molar-refractivity contribution in [2.45, 2.75) is 69.2 Å². The molecular formula is C20H30Cl2Ta-2. The number of hydrogen-bond acceptors (Lipinski definition) is 0. The van der Waals surface area contributed by atoms with Crippen molar-refractivity contribution in [3.63, 3.8) is 0 Å². The van der Waals surface area contributed by atoms with Gasteiger partial charge in [0.1, 0.15) is 0 Å². The van der Waals surface area contributed by atoms with E-state index in [2.05, 4.69) is 69.2 Å². The molecule has 0 bridgehead atoms. The molecule has 0 N–H and O–H groups in total. The Morgan fingerprint density at radius 2 is 0.652 bits per heavy atom. The molecule has 2 aromatic rings. The van der Waals surface area contributed by atoms with Crippen LogP contribution in [0.1, 0.15) is 55.6 Å². The summed E-state index contributed by atoms with van der Waals surface area (Å²) in [5.74, 6) is 0. The summed E-state index contributed by atoms with van der Waals surface area (Å²) in [6.45, 7) is 22.0. The molecule has 0 spiro atoms. The van der Waals surface area contributed by atoms with Crippen LogP contribution in [0.5, 0.6) is 0 Å².